The Bertz CT molecular complexity index is 572. The molecule has 0 atom stereocenters. The number of hydrogen-bond donors (Lipinski definition) is 2. The van der Waals surface area contributed by atoms with Gasteiger partial charge in [-0.1, -0.05) is 20.8 Å². The van der Waals surface area contributed by atoms with E-state index in [1.165, 1.54) is 16.4 Å². The Hall–Kier alpha value is -1.15. The van der Waals surface area contributed by atoms with Crippen LogP contribution in [0.25, 0.3) is 0 Å². The van der Waals surface area contributed by atoms with Gasteiger partial charge in [-0.05, 0) is 30.8 Å². The van der Waals surface area contributed by atoms with E-state index in [2.05, 4.69) is 10.6 Å². The molecule has 0 unspecified atom stereocenters. The molecule has 1 aromatic carbocycles. The van der Waals surface area contributed by atoms with E-state index in [0.717, 1.165) is 6.54 Å². The van der Waals surface area contributed by atoms with Gasteiger partial charge in [-0.3, -0.25) is 4.79 Å². The highest BCUT2D eigenvalue weighted by molar-refractivity contribution is 7.89. The number of hydrogen-bond acceptors (Lipinski definition) is 4. The van der Waals surface area contributed by atoms with E-state index < -0.39 is 10.0 Å². The summed E-state index contributed by atoms with van der Waals surface area (Å²) in [6.07, 6.45) is 0. The quantitative estimate of drug-likeness (QED) is 0.651. The van der Waals surface area contributed by atoms with Crippen LogP contribution in [0.15, 0.2) is 29.2 Å². The molecule has 0 bridgehead atoms. The Labute approximate surface area is 145 Å². The van der Waals surface area contributed by atoms with E-state index in [4.69, 9.17) is 0 Å². The molecular weight excluding hydrogens is 338 g/mol. The van der Waals surface area contributed by atoms with Gasteiger partial charge in [0.2, 0.25) is 10.0 Å². The van der Waals surface area contributed by atoms with Crippen LogP contribution in [0.4, 0.5) is 0 Å². The number of carbonyl (C=O) groups excluding carboxylic acids is 1. The lowest BCUT2D eigenvalue weighted by Crippen LogP contribution is -2.32. The Morgan fingerprint density at radius 1 is 1.04 bits per heavy atom. The first-order valence-corrected chi connectivity index (χ1v) is 9.00. The summed E-state index contributed by atoms with van der Waals surface area (Å²) in [5, 5.41) is 5.89. The molecule has 0 fully saturated rings. The van der Waals surface area contributed by atoms with Gasteiger partial charge in [0.05, 0.1) is 4.90 Å². The third-order valence-electron chi connectivity index (χ3n) is 3.30. The first-order chi connectivity index (χ1) is 10.5. The SMILES string of the molecule is CCNCCNC(=O)c1ccc(S(=O)(=O)N(CC)CC)cc1.Cl. The molecular formula is C15H26ClN3O3S. The van der Waals surface area contributed by atoms with E-state index in [-0.39, 0.29) is 23.2 Å². The van der Waals surface area contributed by atoms with Gasteiger partial charge in [-0.15, -0.1) is 12.4 Å². The molecule has 1 rings (SSSR count). The van der Waals surface area contributed by atoms with Crippen LogP contribution in [0, 0.1) is 0 Å². The Morgan fingerprint density at radius 2 is 1.61 bits per heavy atom. The van der Waals surface area contributed by atoms with Crippen LogP contribution in [0.1, 0.15) is 31.1 Å². The number of halogens is 1. The lowest BCUT2D eigenvalue weighted by molar-refractivity contribution is 0.0954. The van der Waals surface area contributed by atoms with Gasteiger partial charge in [-0.2, -0.15) is 4.31 Å². The maximum atomic E-state index is 12.3. The predicted octanol–water partition coefficient (Wildman–Crippen LogP) is 1.48. The fourth-order valence-corrected chi connectivity index (χ4v) is 3.49. The fourth-order valence-electron chi connectivity index (χ4n) is 2.03. The number of nitrogens with one attached hydrogen (secondary N) is 2. The van der Waals surface area contributed by atoms with Crippen molar-refractivity contribution in [1.29, 1.82) is 0 Å². The van der Waals surface area contributed by atoms with Crippen molar-refractivity contribution in [2.45, 2.75) is 25.7 Å². The van der Waals surface area contributed by atoms with Crippen LogP contribution in [-0.4, -0.2) is 51.4 Å². The topological polar surface area (TPSA) is 78.5 Å². The zero-order valence-electron chi connectivity index (χ0n) is 13.8. The maximum absolute atomic E-state index is 12.3. The first kappa shape index (κ1) is 21.9. The van der Waals surface area contributed by atoms with Crippen LogP contribution < -0.4 is 10.6 Å². The summed E-state index contributed by atoms with van der Waals surface area (Å²) < 4.78 is 26.1. The summed E-state index contributed by atoms with van der Waals surface area (Å²) in [7, 11) is -3.48. The molecule has 23 heavy (non-hydrogen) atoms. The molecule has 0 radical (unpaired) electrons. The van der Waals surface area contributed by atoms with E-state index in [0.29, 0.717) is 31.7 Å². The normalized spacial score (nSPS) is 11.1. The van der Waals surface area contributed by atoms with Crippen molar-refractivity contribution in [2.75, 3.05) is 32.7 Å². The van der Waals surface area contributed by atoms with Crippen LogP contribution in [0.2, 0.25) is 0 Å². The summed E-state index contributed by atoms with van der Waals surface area (Å²) in [6, 6.07) is 6.04. The Balaban J connectivity index is 0.00000484. The molecule has 132 valence electrons. The predicted molar refractivity (Wildman–Crippen MR) is 94.7 cm³/mol. The minimum absolute atomic E-state index is 0. The summed E-state index contributed by atoms with van der Waals surface area (Å²) in [4.78, 5) is 12.1. The number of likely N-dealkylation sites (N-methyl/N-ethyl adjacent to an activating group) is 1. The van der Waals surface area contributed by atoms with Crippen molar-refractivity contribution < 1.29 is 13.2 Å². The second kappa shape index (κ2) is 10.6. The Morgan fingerprint density at radius 3 is 2.09 bits per heavy atom. The number of amides is 1. The molecule has 0 aliphatic carbocycles. The first-order valence-electron chi connectivity index (χ1n) is 7.56. The van der Waals surface area contributed by atoms with Gasteiger partial charge in [-0.25, -0.2) is 8.42 Å². The highest BCUT2D eigenvalue weighted by Gasteiger charge is 2.21. The van der Waals surface area contributed by atoms with Gasteiger partial charge >= 0.3 is 0 Å². The number of benzene rings is 1. The summed E-state index contributed by atoms with van der Waals surface area (Å²) >= 11 is 0. The van der Waals surface area contributed by atoms with Gasteiger partial charge in [0.25, 0.3) is 5.91 Å². The van der Waals surface area contributed by atoms with E-state index in [9.17, 15) is 13.2 Å². The van der Waals surface area contributed by atoms with E-state index in [1.54, 1.807) is 26.0 Å². The van der Waals surface area contributed by atoms with E-state index in [1.807, 2.05) is 6.92 Å². The highest BCUT2D eigenvalue weighted by Crippen LogP contribution is 2.16. The van der Waals surface area contributed by atoms with Gasteiger partial charge in [0.15, 0.2) is 0 Å². The minimum Gasteiger partial charge on any atom is -0.351 e. The number of sulfonamides is 1. The Kier molecular flexibility index (Phi) is 10.1. The molecule has 1 amide bonds. The van der Waals surface area contributed by atoms with Crippen LogP contribution in [0.3, 0.4) is 0 Å². The van der Waals surface area contributed by atoms with Gasteiger partial charge < -0.3 is 10.6 Å². The molecule has 0 aliphatic heterocycles. The van der Waals surface area contributed by atoms with Crippen molar-refractivity contribution in [3.8, 4) is 0 Å². The van der Waals surface area contributed by atoms with Gasteiger partial charge in [0, 0.05) is 31.7 Å². The molecule has 8 heteroatoms. The molecule has 1 aromatic rings. The van der Waals surface area contributed by atoms with Crippen molar-refractivity contribution in [1.82, 2.24) is 14.9 Å². The number of carbonyl (C=O) groups is 1. The number of nitrogens with zero attached hydrogens (tertiary/aromatic N) is 1. The van der Waals surface area contributed by atoms with Crippen molar-refractivity contribution in [2.24, 2.45) is 0 Å². The van der Waals surface area contributed by atoms with E-state index >= 15 is 0 Å². The molecule has 0 saturated carbocycles. The molecule has 0 aromatic heterocycles. The van der Waals surface area contributed by atoms with Gasteiger partial charge in [0.1, 0.15) is 0 Å². The number of rotatable bonds is 9. The van der Waals surface area contributed by atoms with Crippen LogP contribution in [0.5, 0.6) is 0 Å². The highest BCUT2D eigenvalue weighted by atomic mass is 35.5. The standard InChI is InChI=1S/C15H25N3O3S.ClH/c1-4-16-11-12-17-15(19)13-7-9-14(10-8-13)22(20,21)18(5-2)6-3;/h7-10,16H,4-6,11-12H2,1-3H3,(H,17,19);1H. The molecule has 6 nitrogen and oxygen atoms in total. The fraction of sp³-hybridized carbons (Fsp3) is 0.533. The third kappa shape index (κ3) is 6.10. The summed E-state index contributed by atoms with van der Waals surface area (Å²) in [5.41, 5.74) is 0.454. The zero-order valence-corrected chi connectivity index (χ0v) is 15.5. The lowest BCUT2D eigenvalue weighted by Gasteiger charge is -2.18. The summed E-state index contributed by atoms with van der Waals surface area (Å²) in [5.74, 6) is -0.204. The largest absolute Gasteiger partial charge is 0.351 e. The molecule has 2 N–H and O–H groups in total. The maximum Gasteiger partial charge on any atom is 0.251 e. The van der Waals surface area contributed by atoms with Crippen molar-refractivity contribution in [3.63, 3.8) is 0 Å². The van der Waals surface area contributed by atoms with Crippen LogP contribution in [-0.2, 0) is 10.0 Å². The third-order valence-corrected chi connectivity index (χ3v) is 5.36. The second-order valence-electron chi connectivity index (χ2n) is 4.72. The van der Waals surface area contributed by atoms with Crippen molar-refractivity contribution >= 4 is 28.3 Å². The molecule has 0 aliphatic rings. The zero-order chi connectivity index (χ0) is 16.6. The second-order valence-corrected chi connectivity index (χ2v) is 6.66. The van der Waals surface area contributed by atoms with Crippen LogP contribution >= 0.6 is 12.4 Å². The molecule has 0 spiro atoms. The summed E-state index contributed by atoms with van der Waals surface area (Å²) in [6.45, 7) is 8.53. The monoisotopic (exact) mass is 363 g/mol. The molecule has 0 heterocycles. The molecule has 0 saturated heterocycles. The smallest absolute Gasteiger partial charge is 0.251 e. The average Bonchev–Trinajstić information content (AvgIpc) is 2.52. The minimum atomic E-state index is -3.48. The lowest BCUT2D eigenvalue weighted by atomic mass is 10.2. The van der Waals surface area contributed by atoms with Crippen molar-refractivity contribution in [3.05, 3.63) is 29.8 Å². The average molecular weight is 364 g/mol.